The lowest BCUT2D eigenvalue weighted by Crippen LogP contribution is -2.44. The molecule has 3 heterocycles. The number of ether oxygens (including phenoxy) is 3. The van der Waals surface area contributed by atoms with Gasteiger partial charge in [-0.05, 0) is 42.4 Å². The number of nitrogens with zero attached hydrogens (tertiary/aromatic N) is 3. The molecule has 0 spiro atoms. The Hall–Kier alpha value is -4.41. The first-order valence-electron chi connectivity index (χ1n) is 13.3. The molecule has 2 N–H and O–H groups in total. The van der Waals surface area contributed by atoms with Crippen molar-refractivity contribution in [2.45, 2.75) is 12.8 Å². The monoisotopic (exact) mass is 543 g/mol. The summed E-state index contributed by atoms with van der Waals surface area (Å²) in [6.45, 7) is 6.04. The van der Waals surface area contributed by atoms with Crippen molar-refractivity contribution in [2.75, 3.05) is 52.3 Å². The Bertz CT molecular complexity index is 1490. The second kappa shape index (κ2) is 12.2. The summed E-state index contributed by atoms with van der Waals surface area (Å²) in [4.78, 5) is 31.8. The van der Waals surface area contributed by atoms with Crippen LogP contribution in [0.25, 0.3) is 10.9 Å². The maximum atomic E-state index is 12.9. The lowest BCUT2D eigenvalue weighted by atomic mass is 9.91. The number of fused-ring (bicyclic) bond motifs is 1. The van der Waals surface area contributed by atoms with Crippen LogP contribution in [-0.4, -0.2) is 73.4 Å². The molecule has 0 radical (unpaired) electrons. The highest BCUT2D eigenvalue weighted by Gasteiger charge is 2.26. The minimum absolute atomic E-state index is 0.249. The molecule has 5 rings (SSSR count). The number of rotatable bonds is 10. The minimum atomic E-state index is -0.262. The summed E-state index contributed by atoms with van der Waals surface area (Å²) in [5.74, 6) is 2.00. The quantitative estimate of drug-likeness (QED) is 0.279. The van der Waals surface area contributed by atoms with Crippen LogP contribution in [0.5, 0.6) is 17.2 Å². The summed E-state index contributed by atoms with van der Waals surface area (Å²) < 4.78 is 18.7. The van der Waals surface area contributed by atoms with E-state index in [9.17, 15) is 9.59 Å². The molecule has 40 heavy (non-hydrogen) atoms. The summed E-state index contributed by atoms with van der Waals surface area (Å²) >= 11 is 0. The summed E-state index contributed by atoms with van der Waals surface area (Å²) in [5, 5.41) is 6.28. The van der Waals surface area contributed by atoms with Crippen LogP contribution in [0.15, 0.2) is 67.0 Å². The first-order valence-corrected chi connectivity index (χ1v) is 13.3. The Morgan fingerprint density at radius 1 is 1.02 bits per heavy atom. The third-order valence-electron chi connectivity index (χ3n) is 6.98. The van der Waals surface area contributed by atoms with Gasteiger partial charge in [-0.25, -0.2) is 9.78 Å². The largest absolute Gasteiger partial charge is 0.487 e. The van der Waals surface area contributed by atoms with Crippen molar-refractivity contribution in [3.8, 4) is 17.2 Å². The molecule has 208 valence electrons. The lowest BCUT2D eigenvalue weighted by Gasteiger charge is -2.38. The van der Waals surface area contributed by atoms with Gasteiger partial charge in [0.05, 0.1) is 12.1 Å². The number of anilines is 1. The van der Waals surface area contributed by atoms with Crippen molar-refractivity contribution in [3.05, 3.63) is 78.1 Å². The number of benzene rings is 2. The zero-order chi connectivity index (χ0) is 28.1. The first-order chi connectivity index (χ1) is 19.5. The molecular formula is C30H33N5O5. The maximum absolute atomic E-state index is 12.9. The van der Waals surface area contributed by atoms with Crippen LogP contribution < -0.4 is 20.1 Å². The fraction of sp³-hybridized carbons (Fsp3) is 0.300. The van der Waals surface area contributed by atoms with Crippen molar-refractivity contribution < 1.29 is 23.8 Å². The smallest absolute Gasteiger partial charge is 0.325 e. The molecule has 0 bridgehead atoms. The molecule has 0 aliphatic carbocycles. The number of pyridine rings is 1. The van der Waals surface area contributed by atoms with Gasteiger partial charge >= 0.3 is 6.03 Å². The first kappa shape index (κ1) is 27.2. The van der Waals surface area contributed by atoms with Gasteiger partial charge in [-0.15, -0.1) is 0 Å². The number of methoxy groups -OCH3 is 1. The molecule has 10 nitrogen and oxygen atoms in total. The average Bonchev–Trinajstić information content (AvgIpc) is 3.35. The molecule has 1 fully saturated rings. The van der Waals surface area contributed by atoms with Gasteiger partial charge in [0.1, 0.15) is 18.2 Å². The van der Waals surface area contributed by atoms with Crippen molar-refractivity contribution in [1.29, 1.82) is 0 Å². The highest BCUT2D eigenvalue weighted by Crippen LogP contribution is 2.36. The van der Waals surface area contributed by atoms with E-state index in [1.165, 1.54) is 10.1 Å². The summed E-state index contributed by atoms with van der Waals surface area (Å²) in [6, 6.07) is 16.2. The van der Waals surface area contributed by atoms with Gasteiger partial charge < -0.3 is 29.7 Å². The fourth-order valence-corrected chi connectivity index (χ4v) is 4.67. The summed E-state index contributed by atoms with van der Waals surface area (Å²) in [6.07, 6.45) is 3.25. The van der Waals surface area contributed by atoms with Gasteiger partial charge in [-0.1, -0.05) is 19.1 Å². The molecule has 1 saturated heterocycles. The Morgan fingerprint density at radius 2 is 1.82 bits per heavy atom. The van der Waals surface area contributed by atoms with Crippen molar-refractivity contribution in [2.24, 2.45) is 0 Å². The normalized spacial score (nSPS) is 13.6. The van der Waals surface area contributed by atoms with Gasteiger partial charge in [-0.3, -0.25) is 9.36 Å². The molecule has 2 amide bonds. The third-order valence-corrected chi connectivity index (χ3v) is 6.98. The number of likely N-dealkylation sites (tertiary alicyclic amines) is 1. The van der Waals surface area contributed by atoms with Crippen LogP contribution in [0.1, 0.15) is 28.8 Å². The molecule has 0 atom stereocenters. The summed E-state index contributed by atoms with van der Waals surface area (Å²) in [5.41, 5.74) is 2.48. The maximum Gasteiger partial charge on any atom is 0.325 e. The zero-order valence-electron chi connectivity index (χ0n) is 22.8. The van der Waals surface area contributed by atoms with E-state index >= 15 is 0 Å². The Morgan fingerprint density at radius 3 is 2.55 bits per heavy atom. The van der Waals surface area contributed by atoms with Crippen LogP contribution in [0.2, 0.25) is 0 Å². The van der Waals surface area contributed by atoms with Crippen LogP contribution in [-0.2, 0) is 4.74 Å². The number of carbonyl (C=O) groups is 2. The average molecular weight is 544 g/mol. The topological polar surface area (TPSA) is 107 Å². The lowest BCUT2D eigenvalue weighted by molar-refractivity contribution is 0.102. The number of nitrogens with one attached hydrogen (secondary N) is 2. The molecule has 0 unspecified atom stereocenters. The van der Waals surface area contributed by atoms with Crippen LogP contribution >= 0.6 is 0 Å². The summed E-state index contributed by atoms with van der Waals surface area (Å²) in [7, 11) is 3.17. The van der Waals surface area contributed by atoms with Crippen molar-refractivity contribution in [1.82, 2.24) is 19.8 Å². The molecule has 2 aromatic carbocycles. The van der Waals surface area contributed by atoms with Gasteiger partial charge in [0.2, 0.25) is 0 Å². The van der Waals surface area contributed by atoms with E-state index in [2.05, 4.69) is 27.4 Å². The second-order valence-electron chi connectivity index (χ2n) is 9.54. The van der Waals surface area contributed by atoms with Crippen LogP contribution in [0, 0.1) is 0 Å². The standard InChI is InChI=1S/C30H33N5O5/c1-4-34-18-23(19-34)20-5-7-21(8-6-20)29(36)33-28-16-24(9-11-32-28)40-27-15-22-10-12-35(30(37)31-2)25(22)17-26(27)39-14-13-38-3/h5-12,15-17,23H,4,13-14,18-19H2,1-3H3,(H,31,37)(H,32,33,36). The van der Waals surface area contributed by atoms with Crippen molar-refractivity contribution >= 4 is 28.7 Å². The number of amides is 2. The van der Waals surface area contributed by atoms with E-state index in [1.54, 1.807) is 50.8 Å². The van der Waals surface area contributed by atoms with Gasteiger partial charge in [0.15, 0.2) is 11.5 Å². The van der Waals surface area contributed by atoms with Gasteiger partial charge in [0.25, 0.3) is 5.91 Å². The van der Waals surface area contributed by atoms with E-state index in [1.807, 2.05) is 30.3 Å². The number of hydrogen-bond donors (Lipinski definition) is 2. The molecule has 4 aromatic rings. The number of carbonyl (C=O) groups excluding carboxylic acids is 2. The minimum Gasteiger partial charge on any atom is -0.487 e. The number of aromatic nitrogens is 2. The zero-order valence-corrected chi connectivity index (χ0v) is 22.8. The molecule has 2 aromatic heterocycles. The predicted molar refractivity (Wildman–Crippen MR) is 153 cm³/mol. The Balaban J connectivity index is 1.31. The van der Waals surface area contributed by atoms with Gasteiger partial charge in [0, 0.05) is 68.6 Å². The van der Waals surface area contributed by atoms with E-state index in [4.69, 9.17) is 14.2 Å². The SMILES string of the molecule is CCN1CC(c2ccc(C(=O)Nc3cc(Oc4cc5ccn(C(=O)NC)c5cc4OCCOC)ccn3)cc2)C1. The van der Waals surface area contributed by atoms with Gasteiger partial charge in [-0.2, -0.15) is 0 Å². The third kappa shape index (κ3) is 5.93. The highest BCUT2D eigenvalue weighted by atomic mass is 16.5. The molecule has 1 aliphatic rings. The Labute approximate surface area is 232 Å². The Kier molecular flexibility index (Phi) is 8.28. The van der Waals surface area contributed by atoms with Crippen molar-refractivity contribution in [3.63, 3.8) is 0 Å². The number of hydrogen-bond acceptors (Lipinski definition) is 7. The molecule has 0 saturated carbocycles. The van der Waals surface area contributed by atoms with E-state index in [-0.39, 0.29) is 11.9 Å². The van der Waals surface area contributed by atoms with Crippen LogP contribution in [0.3, 0.4) is 0 Å². The highest BCUT2D eigenvalue weighted by molar-refractivity contribution is 6.03. The predicted octanol–water partition coefficient (Wildman–Crippen LogP) is 4.71. The van der Waals surface area contributed by atoms with E-state index in [0.717, 1.165) is 25.0 Å². The molecule has 1 aliphatic heterocycles. The molecule has 10 heteroatoms. The second-order valence-corrected chi connectivity index (χ2v) is 9.54. The van der Waals surface area contributed by atoms with Crippen LogP contribution in [0.4, 0.5) is 10.6 Å². The molecular weight excluding hydrogens is 510 g/mol. The van der Waals surface area contributed by atoms with E-state index in [0.29, 0.717) is 53.3 Å². The fourth-order valence-electron chi connectivity index (χ4n) is 4.67. The number of likely N-dealkylation sites (N-methyl/N-ethyl adjacent to an activating group) is 1. The van der Waals surface area contributed by atoms with E-state index < -0.39 is 0 Å².